The molecule has 2 aromatic rings. The fraction of sp³-hybridized carbons (Fsp3) is 0.435. The van der Waals surface area contributed by atoms with Gasteiger partial charge < -0.3 is 5.11 Å². The lowest BCUT2D eigenvalue weighted by Crippen LogP contribution is -2.04. The van der Waals surface area contributed by atoms with E-state index in [0.29, 0.717) is 5.92 Å². The van der Waals surface area contributed by atoms with E-state index in [1.54, 1.807) is 12.3 Å². The van der Waals surface area contributed by atoms with Crippen LogP contribution in [0.25, 0.3) is 0 Å². The first kappa shape index (κ1) is 17.7. The van der Waals surface area contributed by atoms with E-state index in [1.807, 2.05) is 18.2 Å². The molecule has 2 heteroatoms. The number of para-hydroxylation sites is 1. The van der Waals surface area contributed by atoms with Gasteiger partial charge in [0.05, 0.1) is 5.69 Å². The Morgan fingerprint density at radius 2 is 1.64 bits per heavy atom. The number of phenolic OH excluding ortho intramolecular Hbond substituents is 1. The van der Waals surface area contributed by atoms with Crippen LogP contribution in [0.15, 0.2) is 41.4 Å². The molecule has 0 amide bonds. The molecule has 0 aliphatic heterocycles. The largest absolute Gasteiger partial charge is 0.507 e. The Labute approximate surface area is 151 Å². The monoisotopic (exact) mass is 335 g/mol. The average molecular weight is 335 g/mol. The molecule has 0 saturated heterocycles. The number of aliphatic imine (C=N–C) groups is 1. The summed E-state index contributed by atoms with van der Waals surface area (Å²) in [5.41, 5.74) is 5.80. The molecule has 132 valence electrons. The molecule has 0 radical (unpaired) electrons. The van der Waals surface area contributed by atoms with Crippen molar-refractivity contribution < 1.29 is 5.11 Å². The van der Waals surface area contributed by atoms with Crippen LogP contribution in [0, 0.1) is 13.8 Å². The molecule has 1 saturated carbocycles. The molecular formula is C23H29NO. The van der Waals surface area contributed by atoms with Gasteiger partial charge >= 0.3 is 0 Å². The standard InChI is InChI=1S/C23H29NO/c1-17-14-18(2)23(24-16-20-12-8-9-13-22(20)25)21(15-17)19-10-6-4-3-5-7-11-19/h8-9,12-16,19,25H,3-7,10-11H2,1-2H3. The highest BCUT2D eigenvalue weighted by Gasteiger charge is 2.18. The zero-order valence-corrected chi connectivity index (χ0v) is 15.5. The fourth-order valence-corrected chi connectivity index (χ4v) is 3.98. The summed E-state index contributed by atoms with van der Waals surface area (Å²) in [5.74, 6) is 0.888. The topological polar surface area (TPSA) is 32.6 Å². The third kappa shape index (κ3) is 4.50. The second kappa shape index (κ2) is 8.33. The van der Waals surface area contributed by atoms with Crippen LogP contribution in [0.3, 0.4) is 0 Å². The smallest absolute Gasteiger partial charge is 0.124 e. The molecule has 2 aromatic carbocycles. The fourth-order valence-electron chi connectivity index (χ4n) is 3.98. The average Bonchev–Trinajstić information content (AvgIpc) is 2.55. The molecular weight excluding hydrogens is 306 g/mol. The summed E-state index contributed by atoms with van der Waals surface area (Å²) in [4.78, 5) is 4.82. The van der Waals surface area contributed by atoms with Gasteiger partial charge in [-0.15, -0.1) is 0 Å². The number of phenols is 1. The second-order valence-corrected chi connectivity index (χ2v) is 7.38. The number of aromatic hydroxyl groups is 1. The van der Waals surface area contributed by atoms with Gasteiger partial charge in [-0.25, -0.2) is 0 Å². The molecule has 2 nitrogen and oxygen atoms in total. The summed E-state index contributed by atoms with van der Waals surface area (Å²) in [7, 11) is 0. The number of aryl methyl sites for hydroxylation is 2. The van der Waals surface area contributed by atoms with E-state index in [0.717, 1.165) is 11.3 Å². The van der Waals surface area contributed by atoms with Crippen LogP contribution in [0.4, 0.5) is 5.69 Å². The molecule has 1 aliphatic rings. The first-order valence-electron chi connectivity index (χ1n) is 9.58. The Morgan fingerprint density at radius 3 is 2.36 bits per heavy atom. The van der Waals surface area contributed by atoms with Gasteiger partial charge in [0, 0.05) is 11.8 Å². The van der Waals surface area contributed by atoms with E-state index in [2.05, 4.69) is 26.0 Å². The van der Waals surface area contributed by atoms with Gasteiger partial charge in [-0.2, -0.15) is 0 Å². The predicted molar refractivity (Wildman–Crippen MR) is 106 cm³/mol. The maximum Gasteiger partial charge on any atom is 0.124 e. The molecule has 1 fully saturated rings. The van der Waals surface area contributed by atoms with E-state index in [4.69, 9.17) is 4.99 Å². The van der Waals surface area contributed by atoms with Crippen LogP contribution >= 0.6 is 0 Å². The Bertz CT molecular complexity index is 740. The minimum absolute atomic E-state index is 0.281. The van der Waals surface area contributed by atoms with Crippen LogP contribution < -0.4 is 0 Å². The van der Waals surface area contributed by atoms with Crippen LogP contribution in [0.5, 0.6) is 5.75 Å². The normalized spacial score (nSPS) is 16.7. The maximum absolute atomic E-state index is 10.00. The van der Waals surface area contributed by atoms with Crippen molar-refractivity contribution in [3.63, 3.8) is 0 Å². The summed E-state index contributed by atoms with van der Waals surface area (Å²) in [5, 5.41) is 10.00. The summed E-state index contributed by atoms with van der Waals surface area (Å²) < 4.78 is 0. The van der Waals surface area contributed by atoms with E-state index in [9.17, 15) is 5.11 Å². The van der Waals surface area contributed by atoms with Crippen molar-refractivity contribution >= 4 is 11.9 Å². The lowest BCUT2D eigenvalue weighted by Gasteiger charge is -2.23. The van der Waals surface area contributed by atoms with Crippen LogP contribution in [0.1, 0.15) is 73.1 Å². The Balaban J connectivity index is 1.96. The van der Waals surface area contributed by atoms with Gasteiger partial charge in [-0.1, -0.05) is 61.9 Å². The van der Waals surface area contributed by atoms with Crippen molar-refractivity contribution in [2.45, 2.75) is 64.7 Å². The summed E-state index contributed by atoms with van der Waals surface area (Å²) in [6.45, 7) is 4.33. The predicted octanol–water partition coefficient (Wildman–Crippen LogP) is 6.59. The van der Waals surface area contributed by atoms with Crippen molar-refractivity contribution in [3.05, 3.63) is 58.7 Å². The van der Waals surface area contributed by atoms with Crippen molar-refractivity contribution in [2.75, 3.05) is 0 Å². The second-order valence-electron chi connectivity index (χ2n) is 7.38. The SMILES string of the molecule is Cc1cc(C)c(N=Cc2ccccc2O)c(C2CCCCCCC2)c1. The Hall–Kier alpha value is -2.09. The molecule has 25 heavy (non-hydrogen) atoms. The van der Waals surface area contributed by atoms with Gasteiger partial charge in [0.15, 0.2) is 0 Å². The van der Waals surface area contributed by atoms with Crippen LogP contribution in [-0.2, 0) is 0 Å². The zero-order valence-electron chi connectivity index (χ0n) is 15.5. The van der Waals surface area contributed by atoms with Crippen molar-refractivity contribution in [2.24, 2.45) is 4.99 Å². The number of nitrogens with zero attached hydrogens (tertiary/aromatic N) is 1. The molecule has 0 unspecified atom stereocenters. The molecule has 0 bridgehead atoms. The van der Waals surface area contributed by atoms with E-state index < -0.39 is 0 Å². The quantitative estimate of drug-likeness (QED) is 0.631. The minimum Gasteiger partial charge on any atom is -0.507 e. The molecule has 0 aromatic heterocycles. The first-order valence-corrected chi connectivity index (χ1v) is 9.58. The molecule has 0 spiro atoms. The molecule has 1 N–H and O–H groups in total. The van der Waals surface area contributed by atoms with E-state index >= 15 is 0 Å². The summed E-state index contributed by atoms with van der Waals surface area (Å²) >= 11 is 0. The molecule has 0 atom stereocenters. The Kier molecular flexibility index (Phi) is 5.91. The highest BCUT2D eigenvalue weighted by molar-refractivity contribution is 5.86. The molecule has 3 rings (SSSR count). The number of hydrogen-bond acceptors (Lipinski definition) is 2. The van der Waals surface area contributed by atoms with Gasteiger partial charge in [0.25, 0.3) is 0 Å². The van der Waals surface area contributed by atoms with Crippen molar-refractivity contribution in [1.29, 1.82) is 0 Å². The van der Waals surface area contributed by atoms with Crippen LogP contribution in [0.2, 0.25) is 0 Å². The minimum atomic E-state index is 0.281. The number of hydrogen-bond donors (Lipinski definition) is 1. The first-order chi connectivity index (χ1) is 12.1. The highest BCUT2D eigenvalue weighted by atomic mass is 16.3. The van der Waals surface area contributed by atoms with Gasteiger partial charge in [-0.3, -0.25) is 4.99 Å². The molecule has 0 heterocycles. The lowest BCUT2D eigenvalue weighted by molar-refractivity contribution is 0.456. The Morgan fingerprint density at radius 1 is 0.960 bits per heavy atom. The third-order valence-corrected chi connectivity index (χ3v) is 5.29. The summed E-state index contributed by atoms with van der Waals surface area (Å²) in [6, 6.07) is 11.9. The maximum atomic E-state index is 10.00. The van der Waals surface area contributed by atoms with Crippen molar-refractivity contribution in [1.82, 2.24) is 0 Å². The van der Waals surface area contributed by atoms with Gasteiger partial charge in [0.1, 0.15) is 5.75 Å². The van der Waals surface area contributed by atoms with Crippen LogP contribution in [-0.4, -0.2) is 11.3 Å². The zero-order chi connectivity index (χ0) is 17.6. The van der Waals surface area contributed by atoms with E-state index in [1.165, 1.54) is 61.6 Å². The molecule has 1 aliphatic carbocycles. The number of rotatable bonds is 3. The lowest BCUT2D eigenvalue weighted by atomic mass is 9.84. The van der Waals surface area contributed by atoms with Crippen molar-refractivity contribution in [3.8, 4) is 5.75 Å². The highest BCUT2D eigenvalue weighted by Crippen LogP contribution is 2.38. The summed E-state index contributed by atoms with van der Waals surface area (Å²) in [6.07, 6.45) is 11.1. The van der Waals surface area contributed by atoms with E-state index in [-0.39, 0.29) is 5.75 Å². The third-order valence-electron chi connectivity index (χ3n) is 5.29. The van der Waals surface area contributed by atoms with Gasteiger partial charge in [0.2, 0.25) is 0 Å². The number of benzene rings is 2. The van der Waals surface area contributed by atoms with Gasteiger partial charge in [-0.05, 0) is 55.9 Å².